The van der Waals surface area contributed by atoms with Crippen LogP contribution >= 0.6 is 15.9 Å². The molecular formula is C18H21BrN6O3. The van der Waals surface area contributed by atoms with Gasteiger partial charge >= 0.3 is 6.09 Å². The van der Waals surface area contributed by atoms with Crippen LogP contribution in [-0.4, -0.2) is 48.9 Å². The minimum Gasteiger partial charge on any atom is -0.487 e. The van der Waals surface area contributed by atoms with Gasteiger partial charge in [-0.05, 0) is 41.6 Å². The molecular weight excluding hydrogens is 428 g/mol. The number of hydrogen-bond acceptors (Lipinski definition) is 5. The second-order valence-corrected chi connectivity index (χ2v) is 7.79. The lowest BCUT2D eigenvalue weighted by Crippen LogP contribution is -2.26. The Kier molecular flexibility index (Phi) is 4.96. The van der Waals surface area contributed by atoms with Gasteiger partial charge in [-0.25, -0.2) is 9.78 Å². The lowest BCUT2D eigenvalue weighted by molar-refractivity contribution is 0.130. The maximum Gasteiger partial charge on any atom is 0.412 e. The Morgan fingerprint density at radius 1 is 1.32 bits per heavy atom. The van der Waals surface area contributed by atoms with Crippen LogP contribution in [0.25, 0.3) is 10.9 Å². The monoisotopic (exact) mass is 448 g/mol. The van der Waals surface area contributed by atoms with Crippen LogP contribution in [0, 0.1) is 0 Å². The molecule has 1 amide bonds. The normalized spacial score (nSPS) is 19.7. The Labute approximate surface area is 170 Å². The summed E-state index contributed by atoms with van der Waals surface area (Å²) in [6.07, 6.45) is 8.09. The summed E-state index contributed by atoms with van der Waals surface area (Å²) in [5, 5.41) is 18.9. The smallest absolute Gasteiger partial charge is 0.412 e. The molecule has 1 fully saturated rings. The number of halogens is 1. The average Bonchev–Trinajstić information content (AvgIpc) is 3.24. The zero-order valence-electron chi connectivity index (χ0n) is 15.6. The summed E-state index contributed by atoms with van der Waals surface area (Å²) in [4.78, 5) is 16.6. The number of amides is 1. The van der Waals surface area contributed by atoms with E-state index in [4.69, 9.17) is 4.74 Å². The van der Waals surface area contributed by atoms with Crippen molar-refractivity contribution in [2.45, 2.75) is 37.8 Å². The predicted molar refractivity (Wildman–Crippen MR) is 107 cm³/mol. The molecule has 0 aliphatic heterocycles. The zero-order chi connectivity index (χ0) is 19.8. The van der Waals surface area contributed by atoms with E-state index in [9.17, 15) is 9.90 Å². The van der Waals surface area contributed by atoms with E-state index in [2.05, 4.69) is 31.1 Å². The van der Waals surface area contributed by atoms with Crippen molar-refractivity contribution in [3.63, 3.8) is 0 Å². The van der Waals surface area contributed by atoms with Crippen molar-refractivity contribution in [3.05, 3.63) is 29.3 Å². The third kappa shape index (κ3) is 3.56. The van der Waals surface area contributed by atoms with Gasteiger partial charge in [-0.3, -0.25) is 14.3 Å². The van der Waals surface area contributed by atoms with E-state index in [-0.39, 0.29) is 12.1 Å². The minimum absolute atomic E-state index is 0.168. The molecule has 1 aliphatic rings. The lowest BCUT2D eigenvalue weighted by atomic mass is 9.93. The topological polar surface area (TPSA) is 98.3 Å². The molecule has 10 heteroatoms. The number of pyridine rings is 1. The fraction of sp³-hybridized carbons (Fsp3) is 0.444. The van der Waals surface area contributed by atoms with Crippen LogP contribution in [0.5, 0.6) is 5.75 Å². The molecule has 3 heterocycles. The highest BCUT2D eigenvalue weighted by molar-refractivity contribution is 9.10. The average molecular weight is 449 g/mol. The molecule has 4 rings (SSSR count). The molecule has 3 aromatic heterocycles. The van der Waals surface area contributed by atoms with Crippen molar-refractivity contribution < 1.29 is 14.6 Å². The van der Waals surface area contributed by atoms with Gasteiger partial charge in [-0.1, -0.05) is 0 Å². The highest BCUT2D eigenvalue weighted by Gasteiger charge is 2.26. The first kappa shape index (κ1) is 18.7. The first-order chi connectivity index (χ1) is 13.4. The number of nitrogens with zero attached hydrogens (tertiary/aromatic N) is 6. The number of carbonyl (C=O) groups is 1. The number of carboxylic acid groups (broad SMARTS) is 1. The number of hydrogen-bond donors (Lipinski definition) is 1. The van der Waals surface area contributed by atoms with Gasteiger partial charge in [0, 0.05) is 26.4 Å². The maximum absolute atomic E-state index is 11.2. The van der Waals surface area contributed by atoms with Gasteiger partial charge in [-0.2, -0.15) is 10.2 Å². The van der Waals surface area contributed by atoms with Crippen LogP contribution in [0.2, 0.25) is 0 Å². The predicted octanol–water partition coefficient (Wildman–Crippen LogP) is 3.60. The second kappa shape index (κ2) is 7.42. The zero-order valence-corrected chi connectivity index (χ0v) is 17.2. The van der Waals surface area contributed by atoms with Gasteiger partial charge in [0.15, 0.2) is 5.75 Å². The fourth-order valence-electron chi connectivity index (χ4n) is 3.60. The van der Waals surface area contributed by atoms with E-state index in [0.29, 0.717) is 10.4 Å². The van der Waals surface area contributed by atoms with Crippen LogP contribution in [0.4, 0.5) is 10.6 Å². The molecule has 0 aromatic carbocycles. The standard InChI is InChI=1S/C18H21BrN6O3/c1-23-10-13(8-21-23)28-12-5-3-11(4-6-12)25-15-7-16(24(2)18(26)27)20-9-14(15)17(19)22-25/h7-12H,3-6H2,1-2H3,(H,26,27). The van der Waals surface area contributed by atoms with E-state index in [0.717, 1.165) is 47.2 Å². The van der Waals surface area contributed by atoms with Gasteiger partial charge < -0.3 is 9.84 Å². The molecule has 28 heavy (non-hydrogen) atoms. The van der Waals surface area contributed by atoms with Crippen molar-refractivity contribution >= 4 is 38.7 Å². The molecule has 148 valence electrons. The summed E-state index contributed by atoms with van der Waals surface area (Å²) in [5.74, 6) is 1.17. The summed E-state index contributed by atoms with van der Waals surface area (Å²) in [7, 11) is 3.35. The van der Waals surface area contributed by atoms with Gasteiger partial charge in [-0.15, -0.1) is 0 Å². The van der Waals surface area contributed by atoms with Crippen LogP contribution in [-0.2, 0) is 7.05 Å². The number of rotatable bonds is 4. The summed E-state index contributed by atoms with van der Waals surface area (Å²) >= 11 is 3.50. The van der Waals surface area contributed by atoms with Crippen molar-refractivity contribution in [3.8, 4) is 5.75 Å². The minimum atomic E-state index is -1.05. The highest BCUT2D eigenvalue weighted by atomic mass is 79.9. The Morgan fingerprint density at radius 2 is 2.07 bits per heavy atom. The van der Waals surface area contributed by atoms with Gasteiger partial charge in [0.1, 0.15) is 10.4 Å². The number of ether oxygens (including phenoxy) is 1. The van der Waals surface area contributed by atoms with E-state index >= 15 is 0 Å². The SMILES string of the molecule is CN(C(=O)O)c1cc2c(cn1)c(Br)nn2C1CCC(Oc2cnn(C)c2)CC1. The van der Waals surface area contributed by atoms with E-state index < -0.39 is 6.09 Å². The van der Waals surface area contributed by atoms with Crippen LogP contribution in [0.3, 0.4) is 0 Å². The molecule has 1 aliphatic carbocycles. The molecule has 1 N–H and O–H groups in total. The number of anilines is 1. The van der Waals surface area contributed by atoms with Gasteiger partial charge in [0.25, 0.3) is 0 Å². The lowest BCUT2D eigenvalue weighted by Gasteiger charge is -2.29. The Hall–Kier alpha value is -2.62. The van der Waals surface area contributed by atoms with Crippen molar-refractivity contribution in [1.82, 2.24) is 24.5 Å². The van der Waals surface area contributed by atoms with Crippen molar-refractivity contribution in [2.75, 3.05) is 11.9 Å². The Balaban J connectivity index is 1.52. The molecule has 0 unspecified atom stereocenters. The second-order valence-electron chi connectivity index (χ2n) is 7.03. The molecule has 0 spiro atoms. The first-order valence-corrected chi connectivity index (χ1v) is 9.87. The Morgan fingerprint density at radius 3 is 2.71 bits per heavy atom. The molecule has 0 radical (unpaired) electrons. The molecule has 1 saturated carbocycles. The summed E-state index contributed by atoms with van der Waals surface area (Å²) in [6, 6.07) is 2.01. The van der Waals surface area contributed by atoms with Crippen molar-refractivity contribution in [2.24, 2.45) is 7.05 Å². The van der Waals surface area contributed by atoms with Gasteiger partial charge in [0.05, 0.1) is 35.4 Å². The third-order valence-electron chi connectivity index (χ3n) is 5.14. The molecule has 0 atom stereocenters. The highest BCUT2D eigenvalue weighted by Crippen LogP contribution is 2.35. The maximum atomic E-state index is 11.2. The summed E-state index contributed by atoms with van der Waals surface area (Å²) < 4.78 is 10.5. The molecule has 0 bridgehead atoms. The van der Waals surface area contributed by atoms with Crippen LogP contribution < -0.4 is 9.64 Å². The Bertz CT molecular complexity index is 1010. The van der Waals surface area contributed by atoms with Crippen LogP contribution in [0.15, 0.2) is 29.3 Å². The summed E-state index contributed by atoms with van der Waals surface area (Å²) in [5.41, 5.74) is 0.876. The quantitative estimate of drug-likeness (QED) is 0.654. The number of fused-ring (bicyclic) bond motifs is 1. The third-order valence-corrected chi connectivity index (χ3v) is 5.72. The molecule has 9 nitrogen and oxygen atoms in total. The first-order valence-electron chi connectivity index (χ1n) is 9.08. The number of aromatic nitrogens is 5. The van der Waals surface area contributed by atoms with E-state index in [1.807, 2.05) is 17.9 Å². The number of aryl methyl sites for hydroxylation is 1. The summed E-state index contributed by atoms with van der Waals surface area (Å²) in [6.45, 7) is 0. The van der Waals surface area contributed by atoms with E-state index in [1.54, 1.807) is 23.1 Å². The molecule has 3 aromatic rings. The van der Waals surface area contributed by atoms with Crippen LogP contribution in [0.1, 0.15) is 31.7 Å². The largest absolute Gasteiger partial charge is 0.487 e. The van der Waals surface area contributed by atoms with Gasteiger partial charge in [0.2, 0.25) is 0 Å². The van der Waals surface area contributed by atoms with Crippen molar-refractivity contribution in [1.29, 1.82) is 0 Å². The van der Waals surface area contributed by atoms with E-state index in [1.165, 1.54) is 7.05 Å². The fourth-order valence-corrected chi connectivity index (χ4v) is 4.08. The molecule has 0 saturated heterocycles.